The van der Waals surface area contributed by atoms with Crippen LogP contribution in [-0.4, -0.2) is 14.0 Å². The minimum absolute atomic E-state index is 0.0428. The second-order valence-corrected chi connectivity index (χ2v) is 4.50. The molecule has 0 aliphatic carbocycles. The van der Waals surface area contributed by atoms with E-state index in [0.29, 0.717) is 0 Å². The maximum atomic E-state index is 10.7. The maximum absolute atomic E-state index is 10.7. The largest absolute Gasteiger partial charge is 0.285 e. The average molecular weight is 176 g/mol. The zero-order valence-corrected chi connectivity index (χ0v) is 6.48. The van der Waals surface area contributed by atoms with Crippen LogP contribution in [0.25, 0.3) is 0 Å². The van der Waals surface area contributed by atoms with Crippen LogP contribution in [0.2, 0.25) is 0 Å². The summed E-state index contributed by atoms with van der Waals surface area (Å²) in [5.74, 6) is 0. The summed E-state index contributed by atoms with van der Waals surface area (Å²) >= 11 is 1.04. The Bertz CT molecular complexity index is 309. The smallest absolute Gasteiger partial charge is 0.246 e. The molecule has 0 spiro atoms. The van der Waals surface area contributed by atoms with Gasteiger partial charge in [0, 0.05) is 0 Å². The molecule has 0 N–H and O–H groups in total. The first-order valence-electron chi connectivity index (χ1n) is 2.40. The molecule has 0 saturated carbocycles. The number of thiophene rings is 1. The molecule has 1 heterocycles. The summed E-state index contributed by atoms with van der Waals surface area (Å²) in [6.07, 6.45) is 0. The Morgan fingerprint density at radius 2 is 2.20 bits per heavy atom. The Kier molecular flexibility index (Phi) is 1.87. The molecule has 0 aliphatic rings. The Morgan fingerprint density at radius 1 is 1.50 bits per heavy atom. The predicted molar refractivity (Wildman–Crippen MR) is 38.3 cm³/mol. The van der Waals surface area contributed by atoms with Crippen LogP contribution in [0.5, 0.6) is 0 Å². The summed E-state index contributed by atoms with van der Waals surface area (Å²) in [6, 6.07) is 2.98. The van der Waals surface area contributed by atoms with Gasteiger partial charge in [-0.3, -0.25) is 4.79 Å². The lowest BCUT2D eigenvalue weighted by Crippen LogP contribution is -1.97. The second kappa shape index (κ2) is 2.51. The molecule has 54 valence electrons. The molecule has 0 saturated heterocycles. The van der Waals surface area contributed by atoms with Crippen molar-refractivity contribution >= 4 is 26.8 Å². The van der Waals surface area contributed by atoms with Gasteiger partial charge in [0.2, 0.25) is 15.5 Å². The fraction of sp³-hybridized carbons (Fsp3) is 0. The van der Waals surface area contributed by atoms with Crippen LogP contribution in [0, 0.1) is 0 Å². The van der Waals surface area contributed by atoms with E-state index in [0.717, 1.165) is 11.3 Å². The van der Waals surface area contributed by atoms with Crippen molar-refractivity contribution in [2.24, 2.45) is 0 Å². The Labute approximate surface area is 62.2 Å². The zero-order chi connectivity index (χ0) is 7.61. The number of carbonyl (C=O) groups is 1. The molecule has 1 aromatic rings. The van der Waals surface area contributed by atoms with Crippen LogP contribution in [-0.2, 0) is 14.6 Å². The van der Waals surface area contributed by atoms with E-state index in [1.807, 2.05) is 0 Å². The lowest BCUT2D eigenvalue weighted by Gasteiger charge is -1.85. The number of carbonyl (C=O) groups excluding carboxylic acids is 1. The van der Waals surface area contributed by atoms with Gasteiger partial charge in [-0.1, -0.05) is 6.07 Å². The summed E-state index contributed by atoms with van der Waals surface area (Å²) in [5, 5.41) is 1.61. The van der Waals surface area contributed by atoms with Gasteiger partial charge in [-0.15, -0.1) is 11.3 Å². The van der Waals surface area contributed by atoms with Gasteiger partial charge in [0.1, 0.15) is 4.21 Å². The summed E-state index contributed by atoms with van der Waals surface area (Å²) < 4.78 is 21.5. The van der Waals surface area contributed by atoms with Crippen molar-refractivity contribution in [2.45, 2.75) is 4.21 Å². The van der Waals surface area contributed by atoms with Gasteiger partial charge in [0.05, 0.1) is 0 Å². The molecule has 0 unspecified atom stereocenters. The molecule has 0 aliphatic heterocycles. The van der Waals surface area contributed by atoms with Crippen LogP contribution >= 0.6 is 11.3 Å². The second-order valence-electron chi connectivity index (χ2n) is 1.57. The number of hydrogen-bond acceptors (Lipinski definition) is 4. The molecular weight excluding hydrogens is 172 g/mol. The molecule has 0 aromatic carbocycles. The van der Waals surface area contributed by atoms with Crippen molar-refractivity contribution < 1.29 is 13.2 Å². The van der Waals surface area contributed by atoms with Crippen molar-refractivity contribution in [3.63, 3.8) is 0 Å². The molecule has 1 aromatic heterocycles. The fourth-order valence-electron chi connectivity index (χ4n) is 0.473. The van der Waals surface area contributed by atoms with Gasteiger partial charge in [0.15, 0.2) is 0 Å². The zero-order valence-electron chi connectivity index (χ0n) is 4.85. The fourth-order valence-corrected chi connectivity index (χ4v) is 2.11. The Balaban J connectivity index is 3.22. The lowest BCUT2D eigenvalue weighted by atomic mass is 10.7. The third-order valence-corrected chi connectivity index (χ3v) is 3.50. The van der Waals surface area contributed by atoms with Crippen LogP contribution in [0.15, 0.2) is 21.7 Å². The van der Waals surface area contributed by atoms with Gasteiger partial charge < -0.3 is 0 Å². The standard InChI is InChI=1S/C5H4O3S2/c6-4-10(7,8)5-2-1-3-9-5/h1-4H. The highest BCUT2D eigenvalue weighted by Gasteiger charge is 2.12. The normalized spacial score (nSPS) is 11.2. The third-order valence-electron chi connectivity index (χ3n) is 0.902. The van der Waals surface area contributed by atoms with Crippen LogP contribution < -0.4 is 0 Å². The lowest BCUT2D eigenvalue weighted by molar-refractivity contribution is 0.556. The number of rotatable bonds is 2. The topological polar surface area (TPSA) is 51.2 Å². The van der Waals surface area contributed by atoms with Crippen molar-refractivity contribution in [3.05, 3.63) is 17.5 Å². The van der Waals surface area contributed by atoms with E-state index in [-0.39, 0.29) is 9.83 Å². The molecule has 10 heavy (non-hydrogen) atoms. The SMILES string of the molecule is O=CS(=O)(=O)c1cccs1. The molecule has 0 radical (unpaired) electrons. The van der Waals surface area contributed by atoms with Gasteiger partial charge >= 0.3 is 0 Å². The molecule has 1 rings (SSSR count). The third kappa shape index (κ3) is 1.25. The van der Waals surface area contributed by atoms with Crippen LogP contribution in [0.3, 0.4) is 0 Å². The molecule has 0 bridgehead atoms. The first kappa shape index (κ1) is 7.43. The van der Waals surface area contributed by atoms with E-state index in [2.05, 4.69) is 0 Å². The van der Waals surface area contributed by atoms with Gasteiger partial charge in [-0.05, 0) is 11.4 Å². The highest BCUT2D eigenvalue weighted by Crippen LogP contribution is 2.14. The van der Waals surface area contributed by atoms with Crippen LogP contribution in [0.4, 0.5) is 0 Å². The van der Waals surface area contributed by atoms with Gasteiger partial charge in [-0.2, -0.15) is 0 Å². The first-order chi connectivity index (χ1) is 4.67. The van der Waals surface area contributed by atoms with Gasteiger partial charge in [0.25, 0.3) is 0 Å². The number of hydrogen-bond donors (Lipinski definition) is 0. The van der Waals surface area contributed by atoms with Crippen molar-refractivity contribution in [1.29, 1.82) is 0 Å². The monoisotopic (exact) mass is 176 g/mol. The molecule has 0 amide bonds. The van der Waals surface area contributed by atoms with Crippen molar-refractivity contribution in [2.75, 3.05) is 0 Å². The van der Waals surface area contributed by atoms with Crippen molar-refractivity contribution in [3.8, 4) is 0 Å². The highest BCUT2D eigenvalue weighted by molar-refractivity contribution is 8.05. The summed E-state index contributed by atoms with van der Waals surface area (Å²) in [5.41, 5.74) is -0.0428. The van der Waals surface area contributed by atoms with Crippen LogP contribution in [0.1, 0.15) is 0 Å². The molecule has 3 nitrogen and oxygen atoms in total. The first-order valence-corrected chi connectivity index (χ1v) is 4.83. The van der Waals surface area contributed by atoms with E-state index in [1.165, 1.54) is 6.07 Å². The maximum Gasteiger partial charge on any atom is 0.246 e. The van der Waals surface area contributed by atoms with E-state index >= 15 is 0 Å². The summed E-state index contributed by atoms with van der Waals surface area (Å²) in [6.45, 7) is 0. The predicted octanol–water partition coefficient (Wildman–Crippen LogP) is 0.712. The summed E-state index contributed by atoms with van der Waals surface area (Å²) in [4.78, 5) is 9.94. The average Bonchev–Trinajstić information content (AvgIpc) is 2.38. The van der Waals surface area contributed by atoms with E-state index in [4.69, 9.17) is 0 Å². The van der Waals surface area contributed by atoms with Gasteiger partial charge in [-0.25, -0.2) is 8.42 Å². The molecule has 0 atom stereocenters. The minimum Gasteiger partial charge on any atom is -0.285 e. The highest BCUT2D eigenvalue weighted by atomic mass is 32.2. The molecule has 5 heteroatoms. The van der Waals surface area contributed by atoms with E-state index in [1.54, 1.807) is 11.4 Å². The summed E-state index contributed by atoms with van der Waals surface area (Å²) in [7, 11) is -3.62. The Hall–Kier alpha value is -0.680. The number of sulfone groups is 1. The molecular formula is C5H4O3S2. The quantitative estimate of drug-likeness (QED) is 0.623. The molecule has 0 fully saturated rings. The van der Waals surface area contributed by atoms with E-state index < -0.39 is 9.84 Å². The van der Waals surface area contributed by atoms with E-state index in [9.17, 15) is 13.2 Å². The minimum atomic E-state index is -3.62. The van der Waals surface area contributed by atoms with Crippen molar-refractivity contribution in [1.82, 2.24) is 0 Å². The Morgan fingerprint density at radius 3 is 2.60 bits per heavy atom.